The van der Waals surface area contributed by atoms with Gasteiger partial charge in [-0.15, -0.1) is 0 Å². The minimum atomic E-state index is 0.653. The number of pyridine rings is 2. The third-order valence-electron chi connectivity index (χ3n) is 11.2. The fourth-order valence-electron chi connectivity index (χ4n) is 8.37. The Labute approximate surface area is 334 Å². The van der Waals surface area contributed by atoms with Gasteiger partial charge in [0.05, 0.1) is 85.5 Å². The SMILES string of the molecule is CN1C=CN(c2cc(N3C=CN(C)C3)c(N3CN(C)c4ncccc43)cc2Oc2cc(N3CN(C)c4ncccc43)c(N3C=CN(C)C3)cc2N2C=CN(C)C2)C1. The summed E-state index contributed by atoms with van der Waals surface area (Å²) in [6, 6.07) is 17.3. The van der Waals surface area contributed by atoms with Crippen molar-refractivity contribution in [2.45, 2.75) is 0 Å². The molecule has 15 nitrogen and oxygen atoms in total. The van der Waals surface area contributed by atoms with E-state index < -0.39 is 0 Å². The monoisotopic (exact) mass is 764 g/mol. The number of benzene rings is 2. The summed E-state index contributed by atoms with van der Waals surface area (Å²) >= 11 is 0. The minimum Gasteiger partial charge on any atom is -0.453 e. The number of hydrogen-bond acceptors (Lipinski definition) is 15. The summed E-state index contributed by atoms with van der Waals surface area (Å²) in [4.78, 5) is 36.5. The van der Waals surface area contributed by atoms with Gasteiger partial charge in [-0.2, -0.15) is 0 Å². The van der Waals surface area contributed by atoms with Crippen LogP contribution in [0.2, 0.25) is 0 Å². The van der Waals surface area contributed by atoms with Gasteiger partial charge in [0.15, 0.2) is 23.1 Å². The largest absolute Gasteiger partial charge is 0.453 e. The molecule has 0 saturated carbocycles. The van der Waals surface area contributed by atoms with E-state index >= 15 is 0 Å². The number of anilines is 10. The Balaban J connectivity index is 1.17. The average molecular weight is 765 g/mol. The zero-order valence-electron chi connectivity index (χ0n) is 33.3. The molecule has 8 heterocycles. The second-order valence-corrected chi connectivity index (χ2v) is 15.6. The zero-order valence-corrected chi connectivity index (χ0v) is 33.3. The smallest absolute Gasteiger partial charge is 0.153 e. The van der Waals surface area contributed by atoms with Gasteiger partial charge >= 0.3 is 0 Å². The lowest BCUT2D eigenvalue weighted by atomic mass is 10.1. The van der Waals surface area contributed by atoms with Crippen molar-refractivity contribution in [3.8, 4) is 11.5 Å². The fraction of sp³-hybridized carbons (Fsp3) is 0.286. The molecule has 0 atom stereocenters. The molecule has 6 aliphatic rings. The molecular weight excluding hydrogens is 717 g/mol. The highest BCUT2D eigenvalue weighted by molar-refractivity contribution is 5.92. The van der Waals surface area contributed by atoms with Gasteiger partial charge in [-0.25, -0.2) is 9.97 Å². The highest BCUT2D eigenvalue weighted by atomic mass is 16.5. The van der Waals surface area contributed by atoms with Crippen LogP contribution in [0, 0.1) is 0 Å². The molecule has 0 aliphatic carbocycles. The van der Waals surface area contributed by atoms with Crippen LogP contribution in [-0.4, -0.2) is 112 Å². The number of fused-ring (bicyclic) bond motifs is 2. The van der Waals surface area contributed by atoms with Crippen LogP contribution >= 0.6 is 0 Å². The average Bonchev–Trinajstić information content (AvgIpc) is 4.09. The van der Waals surface area contributed by atoms with Gasteiger partial charge in [0.2, 0.25) is 0 Å². The van der Waals surface area contributed by atoms with Gasteiger partial charge < -0.3 is 63.5 Å². The molecule has 0 radical (unpaired) electrons. The molecule has 4 aromatic rings. The summed E-state index contributed by atoms with van der Waals surface area (Å²) in [6.45, 7) is 4.16. The molecule has 2 aromatic carbocycles. The van der Waals surface area contributed by atoms with Crippen molar-refractivity contribution < 1.29 is 4.74 Å². The van der Waals surface area contributed by atoms with E-state index in [0.717, 1.165) is 82.0 Å². The van der Waals surface area contributed by atoms with Crippen LogP contribution in [0.15, 0.2) is 111 Å². The fourth-order valence-corrected chi connectivity index (χ4v) is 8.37. The molecule has 0 fully saturated rings. The van der Waals surface area contributed by atoms with Crippen molar-refractivity contribution in [2.75, 3.05) is 121 Å². The van der Waals surface area contributed by atoms with Crippen LogP contribution < -0.4 is 43.9 Å². The number of nitrogens with zero attached hydrogens (tertiary/aromatic N) is 14. The van der Waals surface area contributed by atoms with Crippen molar-refractivity contribution in [1.29, 1.82) is 0 Å². The molecule has 0 amide bonds. The molecule has 57 heavy (non-hydrogen) atoms. The number of aromatic nitrogens is 2. The normalized spacial score (nSPS) is 18.3. The summed E-state index contributed by atoms with van der Waals surface area (Å²) in [5.74, 6) is 3.41. The predicted molar refractivity (Wildman–Crippen MR) is 229 cm³/mol. The maximum Gasteiger partial charge on any atom is 0.153 e. The first-order valence-corrected chi connectivity index (χ1v) is 19.2. The lowest BCUT2D eigenvalue weighted by molar-refractivity contribution is 0.466. The quantitative estimate of drug-likeness (QED) is 0.208. The van der Waals surface area contributed by atoms with E-state index in [1.807, 2.05) is 24.5 Å². The maximum absolute atomic E-state index is 7.45. The Morgan fingerprint density at radius 2 is 0.772 bits per heavy atom. The van der Waals surface area contributed by atoms with E-state index in [-0.39, 0.29) is 0 Å². The Bertz CT molecular complexity index is 2180. The Morgan fingerprint density at radius 1 is 0.404 bits per heavy atom. The summed E-state index contributed by atoms with van der Waals surface area (Å²) in [7, 11) is 12.6. The predicted octanol–water partition coefficient (Wildman–Crippen LogP) is 6.08. The number of ether oxygens (including phenoxy) is 1. The van der Waals surface area contributed by atoms with Crippen LogP contribution in [-0.2, 0) is 0 Å². The first-order valence-electron chi connectivity index (χ1n) is 19.2. The van der Waals surface area contributed by atoms with Crippen molar-refractivity contribution in [2.24, 2.45) is 0 Å². The topological polar surface area (TPSA) is 73.9 Å². The van der Waals surface area contributed by atoms with Gasteiger partial charge in [-0.1, -0.05) is 0 Å². The van der Waals surface area contributed by atoms with E-state index in [1.54, 1.807) is 0 Å². The lowest BCUT2D eigenvalue weighted by Gasteiger charge is -2.32. The van der Waals surface area contributed by atoms with Crippen LogP contribution in [0.25, 0.3) is 0 Å². The molecule has 0 spiro atoms. The molecule has 0 unspecified atom stereocenters. The molecular formula is C42H48N14O. The summed E-state index contributed by atoms with van der Waals surface area (Å²) in [6.07, 6.45) is 20.8. The van der Waals surface area contributed by atoms with Crippen LogP contribution in [0.1, 0.15) is 0 Å². The maximum atomic E-state index is 7.45. The van der Waals surface area contributed by atoms with Gasteiger partial charge in [0, 0.05) is 116 Å². The lowest BCUT2D eigenvalue weighted by Crippen LogP contribution is -2.29. The second-order valence-electron chi connectivity index (χ2n) is 15.6. The summed E-state index contributed by atoms with van der Waals surface area (Å²) in [5.41, 5.74) is 8.31. The standard InChI is InChI=1S/C42H48N14O/c1-45-13-17-51(25-45)33-21-37(53-19-15-47(3)27-53)39(23-35(33)55-29-49(5)41-31(55)9-7-11-43-41)57-40-24-36(56-30-50(6)42-32(56)10-8-12-44-42)34(52-18-14-46(2)26-52)22-38(40)54-20-16-48(4)28-54/h7-24H,25-30H2,1-6H3. The minimum absolute atomic E-state index is 0.653. The number of hydrogen-bond donors (Lipinski definition) is 0. The Morgan fingerprint density at radius 3 is 1.12 bits per heavy atom. The first-order chi connectivity index (χ1) is 27.7. The summed E-state index contributed by atoms with van der Waals surface area (Å²) in [5, 5.41) is 0. The molecule has 10 rings (SSSR count). The highest BCUT2D eigenvalue weighted by Crippen LogP contribution is 2.52. The van der Waals surface area contributed by atoms with E-state index in [2.05, 4.69) is 187 Å². The van der Waals surface area contributed by atoms with Crippen LogP contribution in [0.4, 0.5) is 57.1 Å². The number of rotatable bonds is 8. The molecule has 0 saturated heterocycles. The van der Waals surface area contributed by atoms with Crippen LogP contribution in [0.3, 0.4) is 0 Å². The van der Waals surface area contributed by atoms with Crippen molar-refractivity contribution >= 4 is 57.1 Å². The Kier molecular flexibility index (Phi) is 8.12. The van der Waals surface area contributed by atoms with E-state index in [9.17, 15) is 0 Å². The molecule has 292 valence electrons. The first kappa shape index (κ1) is 34.6. The van der Waals surface area contributed by atoms with E-state index in [1.165, 1.54) is 0 Å². The van der Waals surface area contributed by atoms with Gasteiger partial charge in [-0.3, -0.25) is 0 Å². The summed E-state index contributed by atoms with van der Waals surface area (Å²) < 4.78 is 7.45. The molecule has 2 aromatic heterocycles. The molecule has 0 N–H and O–H groups in total. The molecule has 6 aliphatic heterocycles. The van der Waals surface area contributed by atoms with E-state index in [0.29, 0.717) is 26.7 Å². The van der Waals surface area contributed by atoms with Crippen molar-refractivity contribution in [3.63, 3.8) is 0 Å². The Hall–Kier alpha value is -6.90. The third kappa shape index (κ3) is 5.97. The third-order valence-corrected chi connectivity index (χ3v) is 11.2. The van der Waals surface area contributed by atoms with E-state index in [4.69, 9.17) is 14.7 Å². The van der Waals surface area contributed by atoms with Gasteiger partial charge in [0.1, 0.15) is 0 Å². The van der Waals surface area contributed by atoms with Crippen molar-refractivity contribution in [3.05, 3.63) is 111 Å². The zero-order chi connectivity index (χ0) is 38.9. The van der Waals surface area contributed by atoms with Crippen molar-refractivity contribution in [1.82, 2.24) is 29.6 Å². The molecule has 15 heteroatoms. The second kappa shape index (κ2) is 13.4. The highest BCUT2D eigenvalue weighted by Gasteiger charge is 2.34. The van der Waals surface area contributed by atoms with Crippen LogP contribution in [0.5, 0.6) is 11.5 Å². The van der Waals surface area contributed by atoms with Gasteiger partial charge in [0.25, 0.3) is 0 Å². The van der Waals surface area contributed by atoms with Gasteiger partial charge in [-0.05, 0) is 36.4 Å². The molecule has 0 bridgehead atoms.